The summed E-state index contributed by atoms with van der Waals surface area (Å²) in [6.07, 6.45) is 54.8. The highest BCUT2D eigenvalue weighted by Gasteiger charge is 2.15. The van der Waals surface area contributed by atoms with Crippen LogP contribution < -0.4 is 0 Å². The van der Waals surface area contributed by atoms with E-state index in [2.05, 4.69) is 86.8 Å². The predicted molar refractivity (Wildman–Crippen MR) is 208 cm³/mol. The minimum Gasteiger partial charge on any atom is -0.481 e. The minimum absolute atomic E-state index is 0.132. The number of hydrogen-bond acceptors (Lipinski definition) is 3. The van der Waals surface area contributed by atoms with Crippen molar-refractivity contribution in [1.29, 1.82) is 0 Å². The Balaban J connectivity index is 3.94. The molecule has 0 aromatic carbocycles. The summed E-state index contributed by atoms with van der Waals surface area (Å²) >= 11 is 0. The van der Waals surface area contributed by atoms with Crippen LogP contribution in [0.4, 0.5) is 0 Å². The Morgan fingerprint density at radius 2 is 0.896 bits per heavy atom. The fourth-order valence-corrected chi connectivity index (χ4v) is 5.55. The number of carboxylic acids is 1. The minimum atomic E-state index is -0.782. The molecule has 1 N–H and O–H groups in total. The van der Waals surface area contributed by atoms with Gasteiger partial charge in [-0.25, -0.2) is 0 Å². The number of allylic oxidation sites excluding steroid dienone is 12. The molecular weight excluding hydrogens is 592 g/mol. The smallest absolute Gasteiger partial charge is 0.306 e. The highest BCUT2D eigenvalue weighted by atomic mass is 16.5. The zero-order valence-corrected chi connectivity index (χ0v) is 31.3. The van der Waals surface area contributed by atoms with E-state index in [9.17, 15) is 9.59 Å². The normalized spacial score (nSPS) is 13.0. The van der Waals surface area contributed by atoms with E-state index in [4.69, 9.17) is 9.84 Å². The second-order valence-electron chi connectivity index (χ2n) is 13.1. The molecule has 0 bridgehead atoms. The highest BCUT2D eigenvalue weighted by molar-refractivity contribution is 5.69. The molecule has 1 unspecified atom stereocenters. The molecule has 0 spiro atoms. The van der Waals surface area contributed by atoms with Gasteiger partial charge in [-0.3, -0.25) is 9.59 Å². The summed E-state index contributed by atoms with van der Waals surface area (Å²) in [7, 11) is 0. The first-order chi connectivity index (χ1) is 23.6. The van der Waals surface area contributed by atoms with E-state index in [1.54, 1.807) is 0 Å². The monoisotopic (exact) mass is 667 g/mol. The molecule has 4 heteroatoms. The van der Waals surface area contributed by atoms with Crippen LogP contribution in [0.1, 0.15) is 187 Å². The van der Waals surface area contributed by atoms with Crippen LogP contribution in [0, 0.1) is 0 Å². The van der Waals surface area contributed by atoms with E-state index in [0.29, 0.717) is 19.3 Å². The molecule has 0 aliphatic rings. The number of esters is 1. The fourth-order valence-electron chi connectivity index (χ4n) is 5.55. The average Bonchev–Trinajstić information content (AvgIpc) is 3.07. The van der Waals surface area contributed by atoms with Crippen molar-refractivity contribution in [1.82, 2.24) is 0 Å². The van der Waals surface area contributed by atoms with Gasteiger partial charge in [0.2, 0.25) is 0 Å². The highest BCUT2D eigenvalue weighted by Crippen LogP contribution is 2.18. The van der Waals surface area contributed by atoms with E-state index in [-0.39, 0.29) is 18.5 Å². The molecule has 0 aliphatic heterocycles. The maximum absolute atomic E-state index is 12.5. The molecule has 48 heavy (non-hydrogen) atoms. The van der Waals surface area contributed by atoms with Gasteiger partial charge in [-0.1, -0.05) is 164 Å². The first-order valence-electron chi connectivity index (χ1n) is 19.9. The number of unbranched alkanes of at least 4 members (excludes halogenated alkanes) is 14. The maximum atomic E-state index is 12.5. The van der Waals surface area contributed by atoms with Gasteiger partial charge >= 0.3 is 11.9 Å². The van der Waals surface area contributed by atoms with Gasteiger partial charge in [0, 0.05) is 12.8 Å². The van der Waals surface area contributed by atoms with Crippen molar-refractivity contribution >= 4 is 11.9 Å². The molecule has 0 aromatic rings. The van der Waals surface area contributed by atoms with Crippen molar-refractivity contribution in [2.24, 2.45) is 0 Å². The Bertz CT molecular complexity index is 892. The van der Waals surface area contributed by atoms with Gasteiger partial charge < -0.3 is 9.84 Å². The van der Waals surface area contributed by atoms with Crippen molar-refractivity contribution in [2.75, 3.05) is 0 Å². The molecule has 0 rings (SSSR count). The maximum Gasteiger partial charge on any atom is 0.306 e. The second kappa shape index (κ2) is 38.8. The third kappa shape index (κ3) is 37.8. The van der Waals surface area contributed by atoms with Gasteiger partial charge in [-0.2, -0.15) is 0 Å². The first kappa shape index (κ1) is 45.4. The summed E-state index contributed by atoms with van der Waals surface area (Å²) < 4.78 is 5.81. The third-order valence-corrected chi connectivity index (χ3v) is 8.44. The van der Waals surface area contributed by atoms with Crippen LogP contribution in [0.3, 0.4) is 0 Å². The molecular formula is C44H74O4. The second-order valence-corrected chi connectivity index (χ2v) is 13.1. The number of rotatable bonds is 35. The van der Waals surface area contributed by atoms with Crippen LogP contribution in [-0.2, 0) is 14.3 Å². The lowest BCUT2D eigenvalue weighted by atomic mass is 10.0. The number of carboxylic acid groups (broad SMARTS) is 1. The van der Waals surface area contributed by atoms with E-state index in [1.807, 2.05) is 0 Å². The van der Waals surface area contributed by atoms with Gasteiger partial charge in [0.05, 0.1) is 0 Å². The fraction of sp³-hybridized carbons (Fsp3) is 0.682. The van der Waals surface area contributed by atoms with Crippen molar-refractivity contribution < 1.29 is 19.4 Å². The first-order valence-corrected chi connectivity index (χ1v) is 19.9. The number of carbonyl (C=O) groups excluding carboxylic acids is 1. The van der Waals surface area contributed by atoms with Gasteiger partial charge in [0.15, 0.2) is 0 Å². The molecule has 0 saturated heterocycles. The Morgan fingerprint density at radius 1 is 0.479 bits per heavy atom. The van der Waals surface area contributed by atoms with Crippen molar-refractivity contribution in [3.05, 3.63) is 72.9 Å². The van der Waals surface area contributed by atoms with Gasteiger partial charge in [0.1, 0.15) is 6.10 Å². The van der Waals surface area contributed by atoms with Crippen LogP contribution in [-0.4, -0.2) is 23.1 Å². The molecule has 0 heterocycles. The summed E-state index contributed by atoms with van der Waals surface area (Å²) in [5.41, 5.74) is 0. The zero-order valence-electron chi connectivity index (χ0n) is 31.3. The van der Waals surface area contributed by atoms with Gasteiger partial charge in [-0.05, 0) is 83.5 Å². The number of ether oxygens (including phenoxy) is 1. The van der Waals surface area contributed by atoms with Gasteiger partial charge in [0.25, 0.3) is 0 Å². The largest absolute Gasteiger partial charge is 0.481 e. The molecule has 0 aromatic heterocycles. The average molecular weight is 667 g/mol. The summed E-state index contributed by atoms with van der Waals surface area (Å²) in [4.78, 5) is 23.5. The summed E-state index contributed by atoms with van der Waals surface area (Å²) in [5, 5.41) is 9.02. The SMILES string of the molecule is CC/C=C\C/C=C\C/C=C\C/C=C\C/C=C\C/C=C\CCCCC(=O)OC(CCCCCCCCCCCCCCC)CCCC(=O)O. The summed E-state index contributed by atoms with van der Waals surface area (Å²) in [6.45, 7) is 4.42. The van der Waals surface area contributed by atoms with Gasteiger partial charge in [-0.15, -0.1) is 0 Å². The van der Waals surface area contributed by atoms with E-state index in [1.165, 1.54) is 70.6 Å². The van der Waals surface area contributed by atoms with Crippen LogP contribution in [0.25, 0.3) is 0 Å². The van der Waals surface area contributed by atoms with Crippen molar-refractivity contribution in [2.45, 2.75) is 193 Å². The van der Waals surface area contributed by atoms with Crippen LogP contribution >= 0.6 is 0 Å². The Morgan fingerprint density at radius 3 is 1.35 bits per heavy atom. The lowest BCUT2D eigenvalue weighted by molar-refractivity contribution is -0.150. The molecule has 0 aliphatic carbocycles. The molecule has 1 atom stereocenters. The van der Waals surface area contributed by atoms with Crippen molar-refractivity contribution in [3.63, 3.8) is 0 Å². The van der Waals surface area contributed by atoms with Crippen LogP contribution in [0.5, 0.6) is 0 Å². The van der Waals surface area contributed by atoms with Crippen LogP contribution in [0.2, 0.25) is 0 Å². The van der Waals surface area contributed by atoms with E-state index >= 15 is 0 Å². The number of hydrogen-bond donors (Lipinski definition) is 1. The van der Waals surface area contributed by atoms with Crippen molar-refractivity contribution in [3.8, 4) is 0 Å². The quantitative estimate of drug-likeness (QED) is 0.0415. The Hall–Kier alpha value is -2.62. The zero-order chi connectivity index (χ0) is 35.0. The summed E-state index contributed by atoms with van der Waals surface area (Å²) in [5.74, 6) is -0.914. The lowest BCUT2D eigenvalue weighted by Gasteiger charge is -2.18. The Labute approximate surface area is 297 Å². The standard InChI is InChI=1S/C44H74O4/c1-3-5-7-9-11-13-15-17-18-19-20-21-22-23-24-26-28-30-32-34-36-41-44(47)48-42(39-37-40-43(45)46)38-35-33-31-29-27-25-16-14-12-10-8-6-4-2/h5,7,11,13,17-18,20-21,23-24,28,30,42H,3-4,6,8-10,12,14-16,19,22,25-27,29,31-41H2,1-2H3,(H,45,46)/b7-5-,13-11-,18-17-,21-20-,24-23-,30-28-. The topological polar surface area (TPSA) is 63.6 Å². The number of carbonyl (C=O) groups is 2. The Kier molecular flexibility index (Phi) is 36.7. The lowest BCUT2D eigenvalue weighted by Crippen LogP contribution is -2.18. The predicted octanol–water partition coefficient (Wildman–Crippen LogP) is 13.9. The number of aliphatic carboxylic acids is 1. The van der Waals surface area contributed by atoms with E-state index in [0.717, 1.165) is 77.0 Å². The third-order valence-electron chi connectivity index (χ3n) is 8.44. The molecule has 0 saturated carbocycles. The molecule has 0 radical (unpaired) electrons. The molecule has 0 fully saturated rings. The molecule has 274 valence electrons. The van der Waals surface area contributed by atoms with E-state index < -0.39 is 5.97 Å². The molecule has 0 amide bonds. The summed E-state index contributed by atoms with van der Waals surface area (Å²) in [6, 6.07) is 0. The van der Waals surface area contributed by atoms with Crippen LogP contribution in [0.15, 0.2) is 72.9 Å². The molecule has 4 nitrogen and oxygen atoms in total.